The van der Waals surface area contributed by atoms with Crippen LogP contribution >= 0.6 is 0 Å². The van der Waals surface area contributed by atoms with Crippen molar-refractivity contribution in [1.29, 1.82) is 0 Å². The van der Waals surface area contributed by atoms with Gasteiger partial charge in [-0.3, -0.25) is 14.5 Å². The lowest BCUT2D eigenvalue weighted by Crippen LogP contribution is -2.60. The SMILES string of the molecule is CC(C)C(=O)N1CCC2(CC1)OC[C@H](C(=O)[O-])N2C(=O)c1ccccc1. The van der Waals surface area contributed by atoms with E-state index in [9.17, 15) is 19.5 Å². The van der Waals surface area contributed by atoms with E-state index >= 15 is 0 Å². The number of likely N-dealkylation sites (tertiary alicyclic amines) is 1. The molecule has 0 radical (unpaired) electrons. The third kappa shape index (κ3) is 3.19. The average molecular weight is 359 g/mol. The summed E-state index contributed by atoms with van der Waals surface area (Å²) in [5, 5.41) is 11.6. The van der Waals surface area contributed by atoms with Gasteiger partial charge in [0.2, 0.25) is 5.91 Å². The van der Waals surface area contributed by atoms with Crippen LogP contribution in [-0.2, 0) is 14.3 Å². The maximum absolute atomic E-state index is 13.0. The topological polar surface area (TPSA) is 90.0 Å². The fraction of sp³-hybridized carbons (Fsp3) is 0.526. The molecule has 140 valence electrons. The summed E-state index contributed by atoms with van der Waals surface area (Å²) >= 11 is 0. The van der Waals surface area contributed by atoms with Gasteiger partial charge in [0.1, 0.15) is 5.72 Å². The number of carbonyl (C=O) groups excluding carboxylic acids is 3. The molecular formula is C19H23N2O5-. The molecule has 7 nitrogen and oxygen atoms in total. The highest BCUT2D eigenvalue weighted by Crippen LogP contribution is 2.38. The second-order valence-electron chi connectivity index (χ2n) is 7.11. The van der Waals surface area contributed by atoms with Crippen molar-refractivity contribution < 1.29 is 24.2 Å². The molecule has 2 saturated heterocycles. The number of rotatable bonds is 3. The minimum absolute atomic E-state index is 0.0511. The van der Waals surface area contributed by atoms with Crippen LogP contribution in [0.1, 0.15) is 37.0 Å². The molecule has 2 aliphatic heterocycles. The molecule has 3 rings (SSSR count). The second kappa shape index (κ2) is 7.07. The van der Waals surface area contributed by atoms with Crippen molar-refractivity contribution in [3.05, 3.63) is 35.9 Å². The Hall–Kier alpha value is -2.41. The maximum atomic E-state index is 13.0. The highest BCUT2D eigenvalue weighted by Gasteiger charge is 2.52. The van der Waals surface area contributed by atoms with Gasteiger partial charge in [-0.05, 0) is 12.1 Å². The Labute approximate surface area is 152 Å². The first-order valence-corrected chi connectivity index (χ1v) is 8.88. The molecule has 2 amide bonds. The van der Waals surface area contributed by atoms with Crippen LogP contribution in [0.4, 0.5) is 0 Å². The van der Waals surface area contributed by atoms with Crippen LogP contribution in [0, 0.1) is 5.92 Å². The zero-order valence-corrected chi connectivity index (χ0v) is 15.0. The first-order valence-electron chi connectivity index (χ1n) is 8.88. The van der Waals surface area contributed by atoms with Crippen LogP contribution in [0.25, 0.3) is 0 Å². The molecule has 0 bridgehead atoms. The average Bonchev–Trinajstić information content (AvgIpc) is 3.01. The second-order valence-corrected chi connectivity index (χ2v) is 7.11. The smallest absolute Gasteiger partial charge is 0.256 e. The van der Waals surface area contributed by atoms with Crippen LogP contribution in [0.5, 0.6) is 0 Å². The molecule has 1 spiro atoms. The van der Waals surface area contributed by atoms with E-state index in [0.29, 0.717) is 31.5 Å². The summed E-state index contributed by atoms with van der Waals surface area (Å²) in [7, 11) is 0. The fourth-order valence-electron chi connectivity index (χ4n) is 3.71. The summed E-state index contributed by atoms with van der Waals surface area (Å²) in [6.45, 7) is 4.44. The summed E-state index contributed by atoms with van der Waals surface area (Å²) in [4.78, 5) is 39.9. The standard InChI is InChI=1S/C19H24N2O5/c1-13(2)16(22)20-10-8-19(9-11-20)21(15(12-26-19)18(24)25)17(23)14-6-4-3-5-7-14/h3-7,13,15H,8-12H2,1-2H3,(H,24,25)/p-1/t15-/m1/s1. The van der Waals surface area contributed by atoms with Crippen molar-refractivity contribution >= 4 is 17.8 Å². The Morgan fingerprint density at radius 3 is 2.31 bits per heavy atom. The molecule has 0 aromatic heterocycles. The normalized spacial score (nSPS) is 22.0. The third-order valence-electron chi connectivity index (χ3n) is 5.12. The Bertz CT molecular complexity index is 695. The summed E-state index contributed by atoms with van der Waals surface area (Å²) < 4.78 is 5.85. The predicted molar refractivity (Wildman–Crippen MR) is 90.7 cm³/mol. The number of amides is 2. The lowest BCUT2D eigenvalue weighted by molar-refractivity contribution is -0.310. The molecule has 7 heteroatoms. The lowest BCUT2D eigenvalue weighted by atomic mass is 9.96. The monoisotopic (exact) mass is 359 g/mol. The summed E-state index contributed by atoms with van der Waals surface area (Å²) in [6.07, 6.45) is 0.766. The van der Waals surface area contributed by atoms with E-state index in [4.69, 9.17) is 4.74 Å². The molecular weight excluding hydrogens is 336 g/mol. The molecule has 1 aromatic rings. The number of carbonyl (C=O) groups is 3. The van der Waals surface area contributed by atoms with Crippen LogP contribution in [0.15, 0.2) is 30.3 Å². The quantitative estimate of drug-likeness (QED) is 0.772. The number of nitrogens with zero attached hydrogens (tertiary/aromatic N) is 2. The lowest BCUT2D eigenvalue weighted by Gasteiger charge is -2.45. The van der Waals surface area contributed by atoms with Crippen molar-refractivity contribution in [3.8, 4) is 0 Å². The van der Waals surface area contributed by atoms with Crippen LogP contribution in [-0.4, -0.2) is 59.0 Å². The molecule has 0 N–H and O–H groups in total. The van der Waals surface area contributed by atoms with Gasteiger partial charge in [-0.1, -0.05) is 32.0 Å². The van der Waals surface area contributed by atoms with Crippen molar-refractivity contribution in [2.45, 2.75) is 38.5 Å². The van der Waals surface area contributed by atoms with Crippen molar-refractivity contribution in [2.24, 2.45) is 5.92 Å². The molecule has 2 fully saturated rings. The van der Waals surface area contributed by atoms with E-state index in [1.165, 1.54) is 4.90 Å². The Balaban J connectivity index is 1.85. The van der Waals surface area contributed by atoms with Gasteiger partial charge in [-0.2, -0.15) is 0 Å². The number of carboxylic acid groups (broad SMARTS) is 1. The Kier molecular flexibility index (Phi) is 5.00. The van der Waals surface area contributed by atoms with Crippen molar-refractivity contribution in [3.63, 3.8) is 0 Å². The number of aliphatic carboxylic acids is 1. The van der Waals surface area contributed by atoms with Gasteiger partial charge in [0.25, 0.3) is 5.91 Å². The fourth-order valence-corrected chi connectivity index (χ4v) is 3.71. The Morgan fingerprint density at radius 1 is 1.15 bits per heavy atom. The van der Waals surface area contributed by atoms with E-state index in [1.807, 2.05) is 13.8 Å². The zero-order chi connectivity index (χ0) is 18.9. The van der Waals surface area contributed by atoms with Crippen LogP contribution in [0.2, 0.25) is 0 Å². The number of hydrogen-bond donors (Lipinski definition) is 0. The van der Waals surface area contributed by atoms with Gasteiger partial charge in [-0.15, -0.1) is 0 Å². The number of piperidine rings is 1. The number of carboxylic acids is 1. The summed E-state index contributed by atoms with van der Waals surface area (Å²) in [5.41, 5.74) is -0.602. The van der Waals surface area contributed by atoms with Crippen LogP contribution < -0.4 is 5.11 Å². The zero-order valence-electron chi connectivity index (χ0n) is 15.0. The Morgan fingerprint density at radius 2 is 1.77 bits per heavy atom. The molecule has 1 aromatic carbocycles. The maximum Gasteiger partial charge on any atom is 0.256 e. The van der Waals surface area contributed by atoms with Gasteiger partial charge in [0.15, 0.2) is 0 Å². The number of hydrogen-bond acceptors (Lipinski definition) is 5. The van der Waals surface area contributed by atoms with E-state index in [0.717, 1.165) is 0 Å². The first kappa shape index (κ1) is 18.4. The molecule has 26 heavy (non-hydrogen) atoms. The van der Waals surface area contributed by atoms with Gasteiger partial charge in [0.05, 0.1) is 18.6 Å². The van der Waals surface area contributed by atoms with E-state index < -0.39 is 17.7 Å². The summed E-state index contributed by atoms with van der Waals surface area (Å²) in [5.74, 6) is -1.77. The predicted octanol–water partition coefficient (Wildman–Crippen LogP) is 0.252. The van der Waals surface area contributed by atoms with Crippen molar-refractivity contribution in [2.75, 3.05) is 19.7 Å². The van der Waals surface area contributed by atoms with E-state index in [2.05, 4.69) is 0 Å². The van der Waals surface area contributed by atoms with Gasteiger partial charge < -0.3 is 19.5 Å². The molecule has 2 heterocycles. The van der Waals surface area contributed by atoms with Crippen molar-refractivity contribution in [1.82, 2.24) is 9.80 Å². The van der Waals surface area contributed by atoms with Gasteiger partial charge >= 0.3 is 0 Å². The number of ether oxygens (including phenoxy) is 1. The van der Waals surface area contributed by atoms with E-state index in [-0.39, 0.29) is 24.3 Å². The van der Waals surface area contributed by atoms with Gasteiger partial charge in [-0.25, -0.2) is 0 Å². The molecule has 1 atom stereocenters. The minimum atomic E-state index is -1.33. The van der Waals surface area contributed by atoms with E-state index in [1.54, 1.807) is 35.2 Å². The van der Waals surface area contributed by atoms with Gasteiger partial charge in [0, 0.05) is 37.4 Å². The number of benzene rings is 1. The minimum Gasteiger partial charge on any atom is -0.548 e. The first-order chi connectivity index (χ1) is 12.4. The molecule has 2 aliphatic rings. The van der Waals surface area contributed by atoms with Crippen LogP contribution in [0.3, 0.4) is 0 Å². The highest BCUT2D eigenvalue weighted by molar-refractivity contribution is 5.97. The summed E-state index contributed by atoms with van der Waals surface area (Å²) in [6, 6.07) is 7.43. The molecule has 0 saturated carbocycles. The molecule has 0 unspecified atom stereocenters. The largest absolute Gasteiger partial charge is 0.548 e. The molecule has 0 aliphatic carbocycles. The third-order valence-corrected chi connectivity index (χ3v) is 5.12. The highest BCUT2D eigenvalue weighted by atomic mass is 16.5.